The van der Waals surface area contributed by atoms with Gasteiger partial charge in [-0.2, -0.15) is 0 Å². The minimum absolute atomic E-state index is 0.211. The average Bonchev–Trinajstić information content (AvgIpc) is 3.29. The van der Waals surface area contributed by atoms with Crippen LogP contribution in [-0.2, 0) is 6.54 Å². The molecule has 0 atom stereocenters. The van der Waals surface area contributed by atoms with Crippen LogP contribution >= 0.6 is 0 Å². The highest BCUT2D eigenvalue weighted by atomic mass is 16.3. The van der Waals surface area contributed by atoms with Crippen LogP contribution in [0.1, 0.15) is 29.2 Å². The third-order valence-electron chi connectivity index (χ3n) is 4.05. The zero-order valence-corrected chi connectivity index (χ0v) is 13.1. The van der Waals surface area contributed by atoms with Gasteiger partial charge in [-0.15, -0.1) is 10.2 Å². The second kappa shape index (κ2) is 6.27. The van der Waals surface area contributed by atoms with Crippen molar-refractivity contribution in [3.8, 4) is 0 Å². The summed E-state index contributed by atoms with van der Waals surface area (Å²) < 4.78 is 5.57. The molecule has 1 N–H and O–H groups in total. The van der Waals surface area contributed by atoms with E-state index in [9.17, 15) is 4.79 Å². The summed E-state index contributed by atoms with van der Waals surface area (Å²) in [6.07, 6.45) is 2.35. The highest BCUT2D eigenvalue weighted by Crippen LogP contribution is 2.17. The van der Waals surface area contributed by atoms with Gasteiger partial charge in [0.2, 0.25) is 5.89 Å². The van der Waals surface area contributed by atoms with Crippen molar-refractivity contribution in [1.82, 2.24) is 20.5 Å². The first-order chi connectivity index (χ1) is 11.8. The molecule has 2 aromatic heterocycles. The van der Waals surface area contributed by atoms with Crippen molar-refractivity contribution in [2.75, 3.05) is 18.0 Å². The van der Waals surface area contributed by atoms with E-state index in [0.29, 0.717) is 11.5 Å². The van der Waals surface area contributed by atoms with Gasteiger partial charge in [-0.05, 0) is 37.1 Å². The van der Waals surface area contributed by atoms with Crippen LogP contribution in [0.2, 0.25) is 0 Å². The molecule has 0 aliphatic carbocycles. The number of anilines is 1. The average molecular weight is 323 g/mol. The molecule has 1 fully saturated rings. The summed E-state index contributed by atoms with van der Waals surface area (Å²) in [4.78, 5) is 18.7. The van der Waals surface area contributed by atoms with Gasteiger partial charge in [0.05, 0.1) is 6.54 Å². The number of carbonyl (C=O) groups excluding carboxylic acids is 1. The Kier molecular flexibility index (Phi) is 3.82. The molecule has 0 saturated carbocycles. The Bertz CT molecular complexity index is 820. The third kappa shape index (κ3) is 2.92. The smallest absolute Gasteiger partial charge is 0.272 e. The number of oxazole rings is 1. The second-order valence-electron chi connectivity index (χ2n) is 5.73. The minimum Gasteiger partial charge on any atom is -0.439 e. The van der Waals surface area contributed by atoms with Gasteiger partial charge in [0.1, 0.15) is 5.52 Å². The lowest BCUT2D eigenvalue weighted by Gasteiger charge is -2.15. The van der Waals surface area contributed by atoms with E-state index >= 15 is 0 Å². The summed E-state index contributed by atoms with van der Waals surface area (Å²) in [5, 5.41) is 10.9. The summed E-state index contributed by atoms with van der Waals surface area (Å²) in [5.41, 5.74) is 1.77. The van der Waals surface area contributed by atoms with Gasteiger partial charge in [-0.25, -0.2) is 4.98 Å². The largest absolute Gasteiger partial charge is 0.439 e. The van der Waals surface area contributed by atoms with Crippen molar-refractivity contribution in [1.29, 1.82) is 0 Å². The monoisotopic (exact) mass is 323 g/mol. The number of carbonyl (C=O) groups is 1. The van der Waals surface area contributed by atoms with Crippen LogP contribution in [0, 0.1) is 0 Å². The first-order valence-corrected chi connectivity index (χ1v) is 8.01. The predicted molar refractivity (Wildman–Crippen MR) is 88.7 cm³/mol. The predicted octanol–water partition coefficient (Wildman–Crippen LogP) is 2.15. The molecular weight excluding hydrogens is 306 g/mol. The summed E-state index contributed by atoms with van der Waals surface area (Å²) in [7, 11) is 0. The molecule has 0 spiro atoms. The molecule has 3 aromatic rings. The lowest BCUT2D eigenvalue weighted by molar-refractivity contribution is 0.0941. The van der Waals surface area contributed by atoms with Gasteiger partial charge in [-0.1, -0.05) is 12.1 Å². The molecule has 1 aromatic carbocycles. The molecule has 7 nitrogen and oxygen atoms in total. The molecule has 0 unspecified atom stereocenters. The van der Waals surface area contributed by atoms with E-state index in [4.69, 9.17) is 4.42 Å². The lowest BCUT2D eigenvalue weighted by Crippen LogP contribution is -2.25. The Balaban J connectivity index is 1.40. The summed E-state index contributed by atoms with van der Waals surface area (Å²) in [6.45, 7) is 2.21. The Hall–Kier alpha value is -2.96. The summed E-state index contributed by atoms with van der Waals surface area (Å²) in [6, 6.07) is 11.0. The van der Waals surface area contributed by atoms with Crippen LogP contribution in [0.3, 0.4) is 0 Å². The molecule has 1 aliphatic rings. The first-order valence-electron chi connectivity index (χ1n) is 8.01. The fourth-order valence-corrected chi connectivity index (χ4v) is 2.80. The molecular formula is C17H17N5O2. The van der Waals surface area contributed by atoms with Crippen molar-refractivity contribution in [3.63, 3.8) is 0 Å². The van der Waals surface area contributed by atoms with Crippen molar-refractivity contribution in [2.24, 2.45) is 0 Å². The Morgan fingerprint density at radius 3 is 2.71 bits per heavy atom. The normalized spacial score (nSPS) is 14.2. The number of hydrogen-bond donors (Lipinski definition) is 1. The molecule has 1 saturated heterocycles. The van der Waals surface area contributed by atoms with E-state index in [1.807, 2.05) is 30.3 Å². The maximum Gasteiger partial charge on any atom is 0.272 e. The quantitative estimate of drug-likeness (QED) is 0.792. The van der Waals surface area contributed by atoms with Gasteiger partial charge in [0, 0.05) is 13.1 Å². The van der Waals surface area contributed by atoms with Crippen LogP contribution < -0.4 is 10.2 Å². The zero-order valence-electron chi connectivity index (χ0n) is 13.1. The molecule has 24 heavy (non-hydrogen) atoms. The van der Waals surface area contributed by atoms with Crippen LogP contribution in [0.4, 0.5) is 5.82 Å². The number of fused-ring (bicyclic) bond motifs is 1. The number of nitrogens with one attached hydrogen (secondary N) is 1. The first kappa shape index (κ1) is 14.6. The molecule has 0 radical (unpaired) electrons. The van der Waals surface area contributed by atoms with Gasteiger partial charge >= 0.3 is 0 Å². The van der Waals surface area contributed by atoms with E-state index in [2.05, 4.69) is 25.4 Å². The number of nitrogens with zero attached hydrogens (tertiary/aromatic N) is 4. The number of rotatable bonds is 4. The lowest BCUT2D eigenvalue weighted by atomic mass is 10.3. The molecule has 1 amide bonds. The van der Waals surface area contributed by atoms with E-state index in [1.165, 1.54) is 12.8 Å². The van der Waals surface area contributed by atoms with Crippen LogP contribution in [-0.4, -0.2) is 34.2 Å². The molecule has 0 bridgehead atoms. The van der Waals surface area contributed by atoms with Gasteiger partial charge < -0.3 is 14.6 Å². The summed E-state index contributed by atoms with van der Waals surface area (Å²) in [5.74, 6) is 0.993. The fraction of sp³-hybridized carbons (Fsp3) is 0.294. The molecule has 7 heteroatoms. The zero-order chi connectivity index (χ0) is 16.4. The number of aromatic nitrogens is 3. The second-order valence-corrected chi connectivity index (χ2v) is 5.73. The molecule has 122 valence electrons. The highest BCUT2D eigenvalue weighted by Gasteiger charge is 2.15. The maximum absolute atomic E-state index is 12.2. The van der Waals surface area contributed by atoms with Gasteiger partial charge in [-0.3, -0.25) is 4.79 Å². The van der Waals surface area contributed by atoms with Gasteiger partial charge in [0.25, 0.3) is 5.91 Å². The van der Waals surface area contributed by atoms with Crippen molar-refractivity contribution in [2.45, 2.75) is 19.4 Å². The van der Waals surface area contributed by atoms with Crippen molar-refractivity contribution < 1.29 is 9.21 Å². The van der Waals surface area contributed by atoms with E-state index in [-0.39, 0.29) is 18.1 Å². The maximum atomic E-state index is 12.2. The number of amides is 1. The number of para-hydroxylation sites is 2. The SMILES string of the molecule is O=C(NCc1nc2ccccc2o1)c1ccc(N2CCCC2)nn1. The Morgan fingerprint density at radius 2 is 1.96 bits per heavy atom. The number of benzene rings is 1. The Labute approximate surface area is 138 Å². The minimum atomic E-state index is -0.294. The van der Waals surface area contributed by atoms with E-state index < -0.39 is 0 Å². The highest BCUT2D eigenvalue weighted by molar-refractivity contribution is 5.92. The van der Waals surface area contributed by atoms with Gasteiger partial charge in [0.15, 0.2) is 17.1 Å². The topological polar surface area (TPSA) is 84.2 Å². The van der Waals surface area contributed by atoms with Crippen molar-refractivity contribution >= 4 is 22.8 Å². The Morgan fingerprint density at radius 1 is 1.12 bits per heavy atom. The fourth-order valence-electron chi connectivity index (χ4n) is 2.80. The molecule has 1 aliphatic heterocycles. The summed E-state index contributed by atoms with van der Waals surface area (Å²) >= 11 is 0. The van der Waals surface area contributed by atoms with E-state index in [1.54, 1.807) is 6.07 Å². The molecule has 4 rings (SSSR count). The van der Waals surface area contributed by atoms with E-state index in [0.717, 1.165) is 24.4 Å². The molecule has 3 heterocycles. The standard InChI is InChI=1S/C17H17N5O2/c23-17(13-7-8-15(21-20-13)22-9-3-4-10-22)18-11-16-19-12-5-1-2-6-14(12)24-16/h1-2,5-8H,3-4,9-11H2,(H,18,23). The van der Waals surface area contributed by atoms with Crippen LogP contribution in [0.25, 0.3) is 11.1 Å². The van der Waals surface area contributed by atoms with Crippen LogP contribution in [0.15, 0.2) is 40.8 Å². The van der Waals surface area contributed by atoms with Crippen LogP contribution in [0.5, 0.6) is 0 Å². The number of hydrogen-bond acceptors (Lipinski definition) is 6. The van der Waals surface area contributed by atoms with Crippen molar-refractivity contribution in [3.05, 3.63) is 48.0 Å². The third-order valence-corrected chi connectivity index (χ3v) is 4.05.